The molecule has 0 radical (unpaired) electrons. The minimum absolute atomic E-state index is 0.0654. The Kier molecular flexibility index (Phi) is 25.3. The first-order chi connectivity index (χ1) is 46.5. The minimum atomic E-state index is -4.97. The number of hydrogen-bond acceptors (Lipinski definition) is 24. The van der Waals surface area contributed by atoms with E-state index in [1.807, 2.05) is 0 Å². The van der Waals surface area contributed by atoms with Crippen molar-refractivity contribution in [2.24, 2.45) is 0 Å². The molecule has 6 N–H and O–H groups in total. The average molecular weight is 1490 g/mol. The molecule has 2 aliphatic carbocycles. The Morgan fingerprint density at radius 1 is 0.530 bits per heavy atom. The van der Waals surface area contributed by atoms with E-state index in [-0.39, 0.29) is 17.7 Å². The summed E-state index contributed by atoms with van der Waals surface area (Å²) in [6.07, 6.45) is -22.4. The quantitative estimate of drug-likeness (QED) is 0.0416. The molecular formula is C69H96BrN5O24S. The number of carbonyl (C=O) groups is 7. The average Bonchev–Trinajstić information content (AvgIpc) is 0.756. The largest absolute Gasteiger partial charge is 0.453 e. The van der Waals surface area contributed by atoms with Crippen LogP contribution in [0.2, 0.25) is 0 Å². The van der Waals surface area contributed by atoms with Gasteiger partial charge in [-0.2, -0.15) is 8.42 Å². The predicted molar refractivity (Wildman–Crippen MR) is 359 cm³/mol. The first kappa shape index (κ1) is 78.8. The Morgan fingerprint density at radius 2 is 0.970 bits per heavy atom. The minimum Gasteiger partial charge on any atom is -0.453 e. The van der Waals surface area contributed by atoms with Gasteiger partial charge in [0.05, 0.1) is 34.7 Å². The highest BCUT2D eigenvalue weighted by Gasteiger charge is 2.60. The molecule has 3 heterocycles. The molecule has 5 amide bonds. The summed E-state index contributed by atoms with van der Waals surface area (Å²) in [5.74, 6) is -3.15. The van der Waals surface area contributed by atoms with E-state index in [0.29, 0.717) is 17.3 Å². The SMILES string of the molecule is CC(C)(C)OC(=O)NCC1O[C@H](OC2C(NC(=O)OC(C)(C)C)C[C@@H](NC(=O)OC(C)(C)C)C(O[C@@H]3OC4COC5(CCCCC5)O[C@H]4C(NC(=O)OC(C)(C)C)[C@@H]3OC(=O)c3ccccc3)[C@H]2O)[C@@H](NC(=O)OC(C)(C)C)C(OC(=O)c2ccccc2)[C@@H]1OS(=O)(=O)c1ccc(Br)cc1. The van der Waals surface area contributed by atoms with Crippen LogP contribution >= 0.6 is 15.9 Å². The van der Waals surface area contributed by atoms with Gasteiger partial charge >= 0.3 is 42.4 Å². The van der Waals surface area contributed by atoms with Gasteiger partial charge in [0.15, 0.2) is 30.6 Å². The Balaban J connectivity index is 1.31. The number of aliphatic hydroxyl groups is 1. The van der Waals surface area contributed by atoms with Crippen molar-refractivity contribution in [3.05, 3.63) is 101 Å². The van der Waals surface area contributed by atoms with E-state index in [1.54, 1.807) is 128 Å². The molecule has 1 spiro atoms. The maximum absolute atomic E-state index is 14.7. The van der Waals surface area contributed by atoms with E-state index in [4.69, 9.17) is 65.8 Å². The zero-order chi connectivity index (χ0) is 73.5. The number of aliphatic hydroxyl groups excluding tert-OH is 1. The van der Waals surface area contributed by atoms with Crippen LogP contribution in [-0.2, 0) is 75.9 Å². The van der Waals surface area contributed by atoms with Crippen LogP contribution in [0.4, 0.5) is 24.0 Å². The first-order valence-electron chi connectivity index (χ1n) is 33.3. The lowest BCUT2D eigenvalue weighted by Gasteiger charge is -2.54. The normalized spacial score (nSPS) is 27.9. The standard InChI is InChI=1S/C69H96BrN5O24S/c1-64(2,3)94-59(79)71-36-44-52(99-100(84,85)41-31-29-40(70)30-32-41)53(89-55(77)38-25-19-16-20-26-38)47(75-63(83)98-68(13,14)15)57(87-44)91-49-42(72-60(80)95-65(4,5)6)35-43(73-61(81)96-66(7,8)9)50(48(49)76)92-58-54(90-56(78)39-27-21-17-22-28-39)46(74-62(82)97-67(10,11)12)51-45(88-58)37-86-69(93-51)33-23-18-24-34-69/h16-17,19-22,25-32,42-54,57-58,76H,18,23-24,33-37H2,1-15H3,(H,71,79)(H,72,80)(H,73,81)(H,74,82)(H,75,83)/t42?,43-,44?,45?,46?,47+,48+,49?,50?,51-,52-,53?,54+,57-,58+/m1/s1. The third-order valence-corrected chi connectivity index (χ3v) is 17.6. The zero-order valence-corrected chi connectivity index (χ0v) is 61.4. The van der Waals surface area contributed by atoms with Crippen LogP contribution in [0.25, 0.3) is 0 Å². The summed E-state index contributed by atoms with van der Waals surface area (Å²) < 4.78 is 118. The van der Waals surface area contributed by atoms with Gasteiger partial charge in [-0.05, 0) is 172 Å². The molecule has 8 rings (SSSR count). The van der Waals surface area contributed by atoms with E-state index in [2.05, 4.69) is 42.5 Å². The maximum Gasteiger partial charge on any atom is 0.408 e. The van der Waals surface area contributed by atoms with E-state index in [0.717, 1.165) is 19.3 Å². The van der Waals surface area contributed by atoms with E-state index < -0.39 is 196 Å². The summed E-state index contributed by atoms with van der Waals surface area (Å²) in [6, 6.07) is 14.3. The topological polar surface area (TPSA) is 363 Å². The smallest absolute Gasteiger partial charge is 0.408 e. The third kappa shape index (κ3) is 22.5. The molecule has 3 saturated heterocycles. The van der Waals surface area contributed by atoms with Crippen LogP contribution in [0.15, 0.2) is 94.3 Å². The molecule has 3 aromatic carbocycles. The van der Waals surface area contributed by atoms with Crippen LogP contribution in [0.1, 0.15) is 163 Å². The van der Waals surface area contributed by atoms with Crippen molar-refractivity contribution in [3.8, 4) is 0 Å². The molecule has 554 valence electrons. The number of alkyl carbamates (subject to hydrolysis) is 5. The van der Waals surface area contributed by atoms with Crippen LogP contribution in [0.5, 0.6) is 0 Å². The zero-order valence-electron chi connectivity index (χ0n) is 59.0. The molecule has 2 saturated carbocycles. The van der Waals surface area contributed by atoms with Crippen molar-refractivity contribution in [1.82, 2.24) is 26.6 Å². The van der Waals surface area contributed by atoms with Crippen LogP contribution in [0.3, 0.4) is 0 Å². The summed E-state index contributed by atoms with van der Waals surface area (Å²) in [5, 5.41) is 27.2. The highest BCUT2D eigenvalue weighted by Crippen LogP contribution is 2.43. The fraction of sp³-hybridized carbons (Fsp3) is 0.638. The molecule has 15 atom stereocenters. The molecule has 29 nitrogen and oxygen atoms in total. The van der Waals surface area contributed by atoms with Gasteiger partial charge < -0.3 is 93.3 Å². The summed E-state index contributed by atoms with van der Waals surface area (Å²) in [6.45, 7) is 23.1. The van der Waals surface area contributed by atoms with Gasteiger partial charge in [0.1, 0.15) is 82.8 Å². The molecule has 7 unspecified atom stereocenters. The second-order valence-corrected chi connectivity index (χ2v) is 32.5. The van der Waals surface area contributed by atoms with Crippen molar-refractivity contribution in [1.29, 1.82) is 0 Å². The number of benzene rings is 3. The fourth-order valence-corrected chi connectivity index (χ4v) is 13.2. The van der Waals surface area contributed by atoms with Crippen molar-refractivity contribution in [3.63, 3.8) is 0 Å². The Hall–Kier alpha value is -6.94. The fourth-order valence-electron chi connectivity index (χ4n) is 11.8. The number of amides is 5. The summed E-state index contributed by atoms with van der Waals surface area (Å²) >= 11 is 3.32. The molecule has 3 aliphatic heterocycles. The number of ether oxygens (including phenoxy) is 13. The van der Waals surface area contributed by atoms with Crippen molar-refractivity contribution in [2.75, 3.05) is 13.2 Å². The lowest BCUT2D eigenvalue weighted by Crippen LogP contribution is -2.73. The predicted octanol–water partition coefficient (Wildman–Crippen LogP) is 9.13. The number of fused-ring (bicyclic) bond motifs is 1. The molecular weight excluding hydrogens is 1390 g/mol. The molecule has 5 aliphatic rings. The Labute approximate surface area is 591 Å². The molecule has 100 heavy (non-hydrogen) atoms. The maximum atomic E-state index is 14.7. The van der Waals surface area contributed by atoms with Gasteiger partial charge in [0.25, 0.3) is 10.1 Å². The number of halogens is 1. The first-order valence-corrected chi connectivity index (χ1v) is 35.5. The van der Waals surface area contributed by atoms with Gasteiger partial charge in [0, 0.05) is 23.9 Å². The van der Waals surface area contributed by atoms with Crippen LogP contribution < -0.4 is 26.6 Å². The van der Waals surface area contributed by atoms with Crippen molar-refractivity contribution < 1.29 is 113 Å². The molecule has 31 heteroatoms. The summed E-state index contributed by atoms with van der Waals surface area (Å²) in [4.78, 5) is 99.9. The lowest BCUT2D eigenvalue weighted by molar-refractivity contribution is -0.388. The van der Waals surface area contributed by atoms with Crippen molar-refractivity contribution >= 4 is 68.5 Å². The molecule has 5 fully saturated rings. The van der Waals surface area contributed by atoms with E-state index in [9.17, 15) is 47.1 Å². The van der Waals surface area contributed by atoms with Crippen molar-refractivity contribution in [2.45, 2.75) is 273 Å². The van der Waals surface area contributed by atoms with E-state index in [1.165, 1.54) is 60.7 Å². The monoisotopic (exact) mass is 1490 g/mol. The second kappa shape index (κ2) is 32.2. The summed E-state index contributed by atoms with van der Waals surface area (Å²) in [5.41, 5.74) is -5.67. The summed E-state index contributed by atoms with van der Waals surface area (Å²) in [7, 11) is -4.97. The van der Waals surface area contributed by atoms with Crippen LogP contribution in [0, 0.1) is 0 Å². The van der Waals surface area contributed by atoms with Gasteiger partial charge in [0.2, 0.25) is 0 Å². The van der Waals surface area contributed by atoms with E-state index >= 15 is 0 Å². The highest BCUT2D eigenvalue weighted by molar-refractivity contribution is 9.10. The molecule has 0 bridgehead atoms. The Bertz CT molecular complexity index is 3420. The van der Waals surface area contributed by atoms with Crippen LogP contribution in [-0.4, -0.2) is 195 Å². The van der Waals surface area contributed by atoms with Gasteiger partial charge in [-0.15, -0.1) is 0 Å². The number of rotatable bonds is 17. The number of nitrogens with one attached hydrogen (secondary N) is 5. The number of carbonyl (C=O) groups excluding carboxylic acids is 7. The number of hydrogen-bond donors (Lipinski definition) is 6. The molecule has 0 aromatic heterocycles. The highest BCUT2D eigenvalue weighted by atomic mass is 79.9. The second-order valence-electron chi connectivity index (χ2n) is 30.1. The van der Waals surface area contributed by atoms with Gasteiger partial charge in [-0.25, -0.2) is 33.6 Å². The number of esters is 2. The lowest BCUT2D eigenvalue weighted by atomic mass is 9.83. The Morgan fingerprint density at radius 3 is 1.45 bits per heavy atom. The molecule has 3 aromatic rings. The van der Waals surface area contributed by atoms with Gasteiger partial charge in [-0.3, -0.25) is 4.18 Å². The van der Waals surface area contributed by atoms with Gasteiger partial charge in [-0.1, -0.05) is 58.7 Å². The third-order valence-electron chi connectivity index (χ3n) is 15.8.